The Bertz CT molecular complexity index is 676. The molecule has 1 heterocycles. The summed E-state index contributed by atoms with van der Waals surface area (Å²) in [4.78, 5) is 29.1. The summed E-state index contributed by atoms with van der Waals surface area (Å²) in [6.07, 6.45) is 4.56. The molecule has 144 valence electrons. The van der Waals surface area contributed by atoms with Crippen molar-refractivity contribution in [1.82, 2.24) is 10.3 Å². The van der Waals surface area contributed by atoms with E-state index >= 15 is 0 Å². The van der Waals surface area contributed by atoms with E-state index in [1.807, 2.05) is 6.92 Å². The summed E-state index contributed by atoms with van der Waals surface area (Å²) in [5.74, 6) is -0.655. The number of nitrogens with one attached hydrogen (secondary N) is 1. The molecule has 0 radical (unpaired) electrons. The molecule has 0 unspecified atom stereocenters. The Morgan fingerprint density at radius 2 is 1.77 bits per heavy atom. The molecule has 0 spiro atoms. The number of hydrogen-bond acceptors (Lipinski definition) is 4. The number of carbonyl (C=O) groups is 2. The minimum atomic E-state index is -0.366. The molecule has 1 N–H and O–H groups in total. The highest BCUT2D eigenvalue weighted by molar-refractivity contribution is 5.96. The Kier molecular flexibility index (Phi) is 5.79. The van der Waals surface area contributed by atoms with Gasteiger partial charge in [0.15, 0.2) is 11.4 Å². The van der Waals surface area contributed by atoms with Crippen molar-refractivity contribution in [2.24, 2.45) is 16.7 Å². The molecule has 1 aliphatic rings. The maximum atomic E-state index is 12.9. The molecule has 1 amide bonds. The van der Waals surface area contributed by atoms with Crippen LogP contribution >= 0.6 is 0 Å². The molecule has 5 nitrogen and oxygen atoms in total. The van der Waals surface area contributed by atoms with Gasteiger partial charge in [0.1, 0.15) is 0 Å². The average Bonchev–Trinajstić information content (AvgIpc) is 2.45. The van der Waals surface area contributed by atoms with Gasteiger partial charge in [0.2, 0.25) is 0 Å². The van der Waals surface area contributed by atoms with Gasteiger partial charge in [0.05, 0.1) is 5.92 Å². The van der Waals surface area contributed by atoms with E-state index in [0.717, 1.165) is 24.8 Å². The molecule has 2 rings (SSSR count). The lowest BCUT2D eigenvalue weighted by atomic mass is 9.63. The first kappa shape index (κ1) is 20.4. The van der Waals surface area contributed by atoms with Crippen LogP contribution in [0, 0.1) is 23.7 Å². The molecule has 26 heavy (non-hydrogen) atoms. The number of aryl methyl sites for hydroxylation is 1. The van der Waals surface area contributed by atoms with Gasteiger partial charge < -0.3 is 10.1 Å². The van der Waals surface area contributed by atoms with Crippen LogP contribution < -0.4 is 10.1 Å². The van der Waals surface area contributed by atoms with E-state index in [2.05, 4.69) is 38.0 Å². The lowest BCUT2D eigenvalue weighted by Gasteiger charge is -2.45. The molecular formula is C21H32N2O3. The van der Waals surface area contributed by atoms with Crippen LogP contribution in [0.5, 0.6) is 5.75 Å². The smallest absolute Gasteiger partial charge is 0.313 e. The van der Waals surface area contributed by atoms with Gasteiger partial charge in [-0.2, -0.15) is 0 Å². The van der Waals surface area contributed by atoms with Crippen LogP contribution in [0.1, 0.15) is 76.9 Å². The second-order valence-corrected chi connectivity index (χ2v) is 9.47. The van der Waals surface area contributed by atoms with Crippen molar-refractivity contribution < 1.29 is 14.3 Å². The Morgan fingerprint density at radius 3 is 2.31 bits per heavy atom. The van der Waals surface area contributed by atoms with Gasteiger partial charge in [-0.15, -0.1) is 0 Å². The van der Waals surface area contributed by atoms with Gasteiger partial charge in [0, 0.05) is 12.2 Å². The van der Waals surface area contributed by atoms with Crippen molar-refractivity contribution >= 4 is 11.9 Å². The zero-order valence-corrected chi connectivity index (χ0v) is 17.1. The quantitative estimate of drug-likeness (QED) is 0.814. The van der Waals surface area contributed by atoms with E-state index in [4.69, 9.17) is 4.74 Å². The standard InChI is InChI=1S/C21H32N2O3/c1-13(2)19(25)26-17-14(3)8-9-22-16(17)18(24)23-15-10-20(4,5)12-21(6,7)11-15/h8-9,13,15H,10-12H2,1-7H3,(H,23,24). The van der Waals surface area contributed by atoms with Crippen LogP contribution in [-0.2, 0) is 4.79 Å². The van der Waals surface area contributed by atoms with Crippen molar-refractivity contribution in [3.63, 3.8) is 0 Å². The molecule has 0 atom stereocenters. The Morgan fingerprint density at radius 1 is 1.19 bits per heavy atom. The van der Waals surface area contributed by atoms with Crippen molar-refractivity contribution in [2.75, 3.05) is 0 Å². The molecule has 0 bridgehead atoms. The zero-order chi connectivity index (χ0) is 19.7. The highest BCUT2D eigenvalue weighted by atomic mass is 16.5. The summed E-state index contributed by atoms with van der Waals surface area (Å²) in [6, 6.07) is 1.82. The minimum Gasteiger partial charge on any atom is -0.424 e. The first-order valence-electron chi connectivity index (χ1n) is 9.38. The summed E-state index contributed by atoms with van der Waals surface area (Å²) >= 11 is 0. The Hall–Kier alpha value is -1.91. The monoisotopic (exact) mass is 360 g/mol. The lowest BCUT2D eigenvalue weighted by Crippen LogP contribution is -2.46. The van der Waals surface area contributed by atoms with Crippen LogP contribution in [0.2, 0.25) is 0 Å². The largest absolute Gasteiger partial charge is 0.424 e. The third-order valence-corrected chi connectivity index (χ3v) is 4.88. The number of esters is 1. The lowest BCUT2D eigenvalue weighted by molar-refractivity contribution is -0.137. The Labute approximate surface area is 156 Å². The zero-order valence-electron chi connectivity index (χ0n) is 17.1. The fourth-order valence-electron chi connectivity index (χ4n) is 4.26. The highest BCUT2D eigenvalue weighted by Gasteiger charge is 2.39. The molecule has 0 aliphatic heterocycles. The van der Waals surface area contributed by atoms with E-state index in [1.54, 1.807) is 26.1 Å². The van der Waals surface area contributed by atoms with Crippen LogP contribution in [-0.4, -0.2) is 22.9 Å². The van der Waals surface area contributed by atoms with E-state index in [9.17, 15) is 9.59 Å². The maximum absolute atomic E-state index is 12.9. The van der Waals surface area contributed by atoms with Crippen LogP contribution in [0.3, 0.4) is 0 Å². The highest BCUT2D eigenvalue weighted by Crippen LogP contribution is 2.45. The number of ether oxygens (including phenoxy) is 1. The molecule has 1 aliphatic carbocycles. The van der Waals surface area contributed by atoms with E-state index in [0.29, 0.717) is 0 Å². The van der Waals surface area contributed by atoms with Crippen molar-refractivity contribution in [2.45, 2.75) is 73.8 Å². The van der Waals surface area contributed by atoms with Crippen molar-refractivity contribution in [3.05, 3.63) is 23.5 Å². The number of nitrogens with zero attached hydrogens (tertiary/aromatic N) is 1. The van der Waals surface area contributed by atoms with Crippen LogP contribution in [0.4, 0.5) is 0 Å². The predicted molar refractivity (Wildman–Crippen MR) is 102 cm³/mol. The topological polar surface area (TPSA) is 68.3 Å². The fraction of sp³-hybridized carbons (Fsp3) is 0.667. The molecule has 5 heteroatoms. The van der Waals surface area contributed by atoms with Gasteiger partial charge in [-0.05, 0) is 48.6 Å². The van der Waals surface area contributed by atoms with E-state index in [-0.39, 0.29) is 46.1 Å². The maximum Gasteiger partial charge on any atom is 0.313 e. The molecule has 1 aromatic rings. The van der Waals surface area contributed by atoms with Gasteiger partial charge in [0.25, 0.3) is 5.91 Å². The van der Waals surface area contributed by atoms with E-state index in [1.165, 1.54) is 0 Å². The van der Waals surface area contributed by atoms with Gasteiger partial charge in [-0.25, -0.2) is 4.98 Å². The summed E-state index contributed by atoms with van der Waals surface area (Å²) in [7, 11) is 0. The van der Waals surface area contributed by atoms with Gasteiger partial charge in [-0.3, -0.25) is 9.59 Å². The molecule has 1 saturated carbocycles. The number of rotatable bonds is 4. The summed E-state index contributed by atoms with van der Waals surface area (Å²) in [5.41, 5.74) is 1.25. The molecule has 1 aromatic heterocycles. The van der Waals surface area contributed by atoms with Crippen LogP contribution in [0.15, 0.2) is 12.3 Å². The van der Waals surface area contributed by atoms with Crippen molar-refractivity contribution in [3.8, 4) is 5.75 Å². The average molecular weight is 360 g/mol. The normalized spacial score (nSPS) is 19.2. The number of amides is 1. The number of hydrogen-bond donors (Lipinski definition) is 1. The summed E-state index contributed by atoms with van der Waals surface area (Å²) in [5, 5.41) is 3.12. The first-order chi connectivity index (χ1) is 11.9. The predicted octanol–water partition coefficient (Wildman–Crippen LogP) is 4.29. The number of aromatic nitrogens is 1. The third kappa shape index (κ3) is 5.05. The first-order valence-corrected chi connectivity index (χ1v) is 9.38. The summed E-state index contributed by atoms with van der Waals surface area (Å²) < 4.78 is 5.47. The Balaban J connectivity index is 2.22. The minimum absolute atomic E-state index is 0.0808. The van der Waals surface area contributed by atoms with Gasteiger partial charge >= 0.3 is 5.97 Å². The summed E-state index contributed by atoms with van der Waals surface area (Å²) in [6.45, 7) is 14.3. The van der Waals surface area contributed by atoms with E-state index < -0.39 is 0 Å². The second-order valence-electron chi connectivity index (χ2n) is 9.47. The van der Waals surface area contributed by atoms with Crippen LogP contribution in [0.25, 0.3) is 0 Å². The molecular weight excluding hydrogens is 328 g/mol. The fourth-order valence-corrected chi connectivity index (χ4v) is 4.26. The number of carbonyl (C=O) groups excluding carboxylic acids is 2. The molecule has 1 fully saturated rings. The molecule has 0 saturated heterocycles. The molecule has 0 aromatic carbocycles. The van der Waals surface area contributed by atoms with Crippen molar-refractivity contribution in [1.29, 1.82) is 0 Å². The number of pyridine rings is 1. The van der Waals surface area contributed by atoms with Gasteiger partial charge in [-0.1, -0.05) is 41.5 Å². The second kappa shape index (κ2) is 7.37. The SMILES string of the molecule is Cc1ccnc(C(=O)NC2CC(C)(C)CC(C)(C)C2)c1OC(=O)C(C)C. The third-order valence-electron chi connectivity index (χ3n) is 4.88.